The first-order valence-corrected chi connectivity index (χ1v) is 7.99. The third-order valence-corrected chi connectivity index (χ3v) is 3.94. The van der Waals surface area contributed by atoms with E-state index < -0.39 is 17.5 Å². The predicted molar refractivity (Wildman–Crippen MR) is 93.8 cm³/mol. The molecule has 3 aromatic rings. The van der Waals surface area contributed by atoms with Crippen molar-refractivity contribution in [1.29, 1.82) is 5.26 Å². The molecule has 0 saturated heterocycles. The molecule has 0 amide bonds. The SMILES string of the molecule is CC(C)c1ncc(-c2cc(-c3cc(F)c(F)c(F)c3)nc(N)c2C#N)cn1. The number of anilines is 1. The molecule has 0 aliphatic heterocycles. The highest BCUT2D eigenvalue weighted by Gasteiger charge is 2.17. The summed E-state index contributed by atoms with van der Waals surface area (Å²) in [5.41, 5.74) is 6.88. The van der Waals surface area contributed by atoms with Crippen LogP contribution in [0.5, 0.6) is 0 Å². The Morgan fingerprint density at radius 3 is 2.11 bits per heavy atom. The van der Waals surface area contributed by atoms with E-state index in [1.54, 1.807) is 0 Å². The van der Waals surface area contributed by atoms with E-state index in [0.717, 1.165) is 12.1 Å². The van der Waals surface area contributed by atoms with E-state index in [1.165, 1.54) is 18.5 Å². The quantitative estimate of drug-likeness (QED) is 0.699. The van der Waals surface area contributed by atoms with Gasteiger partial charge in [0.15, 0.2) is 17.5 Å². The third-order valence-electron chi connectivity index (χ3n) is 3.94. The Hall–Kier alpha value is -3.47. The van der Waals surface area contributed by atoms with Crippen molar-refractivity contribution in [3.8, 4) is 28.5 Å². The molecule has 5 nitrogen and oxygen atoms in total. The fourth-order valence-electron chi connectivity index (χ4n) is 2.54. The molecule has 0 atom stereocenters. The number of halogens is 3. The van der Waals surface area contributed by atoms with Gasteiger partial charge in [0.25, 0.3) is 0 Å². The van der Waals surface area contributed by atoms with Gasteiger partial charge in [-0.2, -0.15) is 5.26 Å². The van der Waals surface area contributed by atoms with Gasteiger partial charge < -0.3 is 5.73 Å². The molecule has 0 aliphatic carbocycles. The van der Waals surface area contributed by atoms with Crippen LogP contribution in [0.15, 0.2) is 30.6 Å². The minimum atomic E-state index is -1.57. The zero-order valence-corrected chi connectivity index (χ0v) is 14.5. The van der Waals surface area contributed by atoms with Crippen LogP contribution in [0.2, 0.25) is 0 Å². The fraction of sp³-hybridized carbons (Fsp3) is 0.158. The molecule has 1 aromatic carbocycles. The highest BCUT2D eigenvalue weighted by atomic mass is 19.2. The van der Waals surface area contributed by atoms with E-state index >= 15 is 0 Å². The molecule has 0 unspecified atom stereocenters. The van der Waals surface area contributed by atoms with Crippen molar-refractivity contribution in [3.63, 3.8) is 0 Å². The lowest BCUT2D eigenvalue weighted by Gasteiger charge is -2.11. The maximum absolute atomic E-state index is 13.6. The second-order valence-corrected chi connectivity index (χ2v) is 6.17. The number of nitriles is 1. The Labute approximate surface area is 153 Å². The summed E-state index contributed by atoms with van der Waals surface area (Å²) in [6, 6.07) is 5.03. The first-order valence-electron chi connectivity index (χ1n) is 7.99. The summed E-state index contributed by atoms with van der Waals surface area (Å²) in [6.07, 6.45) is 3.07. The van der Waals surface area contributed by atoms with Crippen LogP contribution >= 0.6 is 0 Å². The smallest absolute Gasteiger partial charge is 0.194 e. The van der Waals surface area contributed by atoms with Crippen molar-refractivity contribution in [1.82, 2.24) is 15.0 Å². The molecule has 2 N–H and O–H groups in total. The average Bonchev–Trinajstić information content (AvgIpc) is 2.65. The van der Waals surface area contributed by atoms with Gasteiger partial charge in [-0.25, -0.2) is 28.1 Å². The van der Waals surface area contributed by atoms with Gasteiger partial charge >= 0.3 is 0 Å². The Morgan fingerprint density at radius 2 is 1.59 bits per heavy atom. The lowest BCUT2D eigenvalue weighted by molar-refractivity contribution is 0.447. The van der Waals surface area contributed by atoms with Gasteiger partial charge in [0.2, 0.25) is 0 Å². The second-order valence-electron chi connectivity index (χ2n) is 6.17. The molecular weight excluding hydrogens is 355 g/mol. The molecule has 3 rings (SSSR count). The number of pyridine rings is 1. The van der Waals surface area contributed by atoms with Crippen LogP contribution in [0.4, 0.5) is 19.0 Å². The Kier molecular flexibility index (Phi) is 4.77. The van der Waals surface area contributed by atoms with E-state index in [1.807, 2.05) is 19.9 Å². The summed E-state index contributed by atoms with van der Waals surface area (Å²) in [7, 11) is 0. The Morgan fingerprint density at radius 1 is 1.00 bits per heavy atom. The van der Waals surface area contributed by atoms with Gasteiger partial charge in [-0.1, -0.05) is 13.8 Å². The van der Waals surface area contributed by atoms with E-state index in [-0.39, 0.29) is 28.6 Å². The summed E-state index contributed by atoms with van der Waals surface area (Å²) < 4.78 is 40.4. The van der Waals surface area contributed by atoms with Crippen LogP contribution < -0.4 is 5.73 Å². The maximum Gasteiger partial charge on any atom is 0.194 e. The van der Waals surface area contributed by atoms with E-state index in [0.29, 0.717) is 17.0 Å². The largest absolute Gasteiger partial charge is 0.383 e. The lowest BCUT2D eigenvalue weighted by atomic mass is 10.00. The summed E-state index contributed by atoms with van der Waals surface area (Å²) in [6.45, 7) is 3.88. The normalized spacial score (nSPS) is 10.9. The summed E-state index contributed by atoms with van der Waals surface area (Å²) >= 11 is 0. The minimum absolute atomic E-state index is 0.0106. The summed E-state index contributed by atoms with van der Waals surface area (Å²) in [4.78, 5) is 12.5. The standard InChI is InChI=1S/C19H14F3N5/c1-9(2)19-25-7-11(8-26-19)12-5-16(27-18(24)13(12)6-23)10-3-14(20)17(22)15(21)4-10/h3-5,7-9H,1-2H3,(H2,24,27). The number of nitrogen functional groups attached to an aromatic ring is 1. The van der Waals surface area contributed by atoms with Crippen molar-refractivity contribution in [3.05, 3.63) is 59.4 Å². The fourth-order valence-corrected chi connectivity index (χ4v) is 2.54. The molecule has 0 spiro atoms. The van der Waals surface area contributed by atoms with Crippen LogP contribution in [0, 0.1) is 28.8 Å². The van der Waals surface area contributed by atoms with Crippen molar-refractivity contribution in [2.75, 3.05) is 5.73 Å². The number of aromatic nitrogens is 3. The first-order chi connectivity index (χ1) is 12.8. The van der Waals surface area contributed by atoms with Crippen LogP contribution in [0.1, 0.15) is 31.2 Å². The van der Waals surface area contributed by atoms with Gasteiger partial charge in [0.1, 0.15) is 23.3 Å². The number of nitrogens with two attached hydrogens (primary N) is 1. The summed E-state index contributed by atoms with van der Waals surface area (Å²) in [5, 5.41) is 9.41. The molecule has 0 aliphatic rings. The maximum atomic E-state index is 13.6. The monoisotopic (exact) mass is 369 g/mol. The Bertz CT molecular complexity index is 1030. The van der Waals surface area contributed by atoms with Crippen LogP contribution in [-0.4, -0.2) is 15.0 Å². The van der Waals surface area contributed by atoms with E-state index in [2.05, 4.69) is 15.0 Å². The molecular formula is C19H14F3N5. The minimum Gasteiger partial charge on any atom is -0.383 e. The molecule has 0 saturated carbocycles. The van der Waals surface area contributed by atoms with Gasteiger partial charge in [-0.3, -0.25) is 0 Å². The molecule has 2 aromatic heterocycles. The first kappa shape index (κ1) is 18.3. The van der Waals surface area contributed by atoms with Gasteiger partial charge in [-0.15, -0.1) is 0 Å². The molecule has 8 heteroatoms. The topological polar surface area (TPSA) is 88.5 Å². The Balaban J connectivity index is 2.19. The number of rotatable bonds is 3. The molecule has 0 fully saturated rings. The molecule has 0 bridgehead atoms. The number of hydrogen-bond donors (Lipinski definition) is 1. The molecule has 136 valence electrons. The zero-order chi connectivity index (χ0) is 19.7. The van der Waals surface area contributed by atoms with Crippen molar-refractivity contribution < 1.29 is 13.2 Å². The predicted octanol–water partition coefficient (Wildman–Crippen LogP) is 4.20. The number of benzene rings is 1. The zero-order valence-electron chi connectivity index (χ0n) is 14.5. The van der Waals surface area contributed by atoms with Gasteiger partial charge in [0.05, 0.1) is 5.69 Å². The number of nitrogens with zero attached hydrogens (tertiary/aromatic N) is 4. The van der Waals surface area contributed by atoms with Crippen LogP contribution in [0.25, 0.3) is 22.4 Å². The van der Waals surface area contributed by atoms with Crippen molar-refractivity contribution in [2.24, 2.45) is 0 Å². The molecule has 0 radical (unpaired) electrons. The molecule has 2 heterocycles. The summed E-state index contributed by atoms with van der Waals surface area (Å²) in [5.74, 6) is -3.64. The number of hydrogen-bond acceptors (Lipinski definition) is 5. The molecule has 27 heavy (non-hydrogen) atoms. The van der Waals surface area contributed by atoms with Crippen molar-refractivity contribution >= 4 is 5.82 Å². The van der Waals surface area contributed by atoms with Crippen LogP contribution in [-0.2, 0) is 0 Å². The van der Waals surface area contributed by atoms with Gasteiger partial charge in [0, 0.05) is 35.0 Å². The van der Waals surface area contributed by atoms with Crippen LogP contribution in [0.3, 0.4) is 0 Å². The van der Waals surface area contributed by atoms with E-state index in [9.17, 15) is 18.4 Å². The van der Waals surface area contributed by atoms with Crippen molar-refractivity contribution in [2.45, 2.75) is 19.8 Å². The average molecular weight is 369 g/mol. The third kappa shape index (κ3) is 3.44. The highest BCUT2D eigenvalue weighted by molar-refractivity contribution is 5.79. The lowest BCUT2D eigenvalue weighted by Crippen LogP contribution is -2.02. The highest BCUT2D eigenvalue weighted by Crippen LogP contribution is 2.31. The van der Waals surface area contributed by atoms with Gasteiger partial charge in [-0.05, 0) is 18.2 Å². The van der Waals surface area contributed by atoms with E-state index in [4.69, 9.17) is 5.73 Å². The second kappa shape index (κ2) is 7.03.